The number of aliphatic hydroxyl groups is 6. The molecule has 0 unspecified atom stereocenters. The van der Waals surface area contributed by atoms with Gasteiger partial charge in [0.1, 0.15) is 70.6 Å². The molecule has 0 amide bonds. The Morgan fingerprint density at radius 2 is 1.73 bits per heavy atom. The van der Waals surface area contributed by atoms with Crippen molar-refractivity contribution in [1.82, 2.24) is 0 Å². The lowest BCUT2D eigenvalue weighted by molar-refractivity contribution is -0.289. The van der Waals surface area contributed by atoms with E-state index in [4.69, 9.17) is 28.1 Å². The highest BCUT2D eigenvalue weighted by Gasteiger charge is 2.50. The molecule has 2 fully saturated rings. The maximum Gasteiger partial charge on any atom is 0.229 e. The summed E-state index contributed by atoms with van der Waals surface area (Å²) in [6.45, 7) is -1.58. The van der Waals surface area contributed by atoms with Gasteiger partial charge in [0.05, 0.1) is 32.5 Å². The van der Waals surface area contributed by atoms with Gasteiger partial charge in [-0.05, 0) is 17.7 Å². The number of ether oxygens (including phenoxy) is 5. The molecule has 0 saturated carbocycles. The van der Waals surface area contributed by atoms with Crippen LogP contribution in [0.15, 0.2) is 51.9 Å². The Morgan fingerprint density at radius 1 is 1.00 bits per heavy atom. The molecular formula is C27H30O14. The van der Waals surface area contributed by atoms with Crippen LogP contribution < -0.4 is 14.9 Å². The summed E-state index contributed by atoms with van der Waals surface area (Å²) < 4.78 is 32.5. The number of aliphatic hydroxyl groups excluding tert-OH is 5. The lowest BCUT2D eigenvalue weighted by atomic mass is 9.99. The quantitative estimate of drug-likeness (QED) is 0.167. The average Bonchev–Trinajstić information content (AvgIpc) is 3.26. The first-order chi connectivity index (χ1) is 19.6. The maximum atomic E-state index is 13.1. The molecular weight excluding hydrogens is 548 g/mol. The Bertz CT molecular complexity index is 1420. The Kier molecular flexibility index (Phi) is 8.20. The van der Waals surface area contributed by atoms with Crippen LogP contribution in [0.4, 0.5) is 0 Å². The first-order valence-electron chi connectivity index (χ1n) is 12.6. The van der Waals surface area contributed by atoms with E-state index in [0.29, 0.717) is 11.3 Å². The van der Waals surface area contributed by atoms with Crippen molar-refractivity contribution in [3.8, 4) is 28.4 Å². The number of phenolic OH excluding ortho intramolecular Hbond substituents is 1. The number of aromatic hydroxyl groups is 1. The first kappa shape index (κ1) is 29.2. The van der Waals surface area contributed by atoms with Crippen molar-refractivity contribution in [3.63, 3.8) is 0 Å². The zero-order valence-electron chi connectivity index (χ0n) is 21.7. The lowest BCUT2D eigenvalue weighted by Gasteiger charge is -2.40. The normalized spacial score (nSPS) is 31.8. The minimum absolute atomic E-state index is 0.0141. The molecule has 5 rings (SSSR count). The molecule has 14 nitrogen and oxygen atoms in total. The van der Waals surface area contributed by atoms with Crippen molar-refractivity contribution in [2.24, 2.45) is 0 Å². The third-order valence-electron chi connectivity index (χ3n) is 7.16. The molecule has 0 aliphatic carbocycles. The van der Waals surface area contributed by atoms with Gasteiger partial charge in [-0.15, -0.1) is 0 Å². The molecule has 0 bridgehead atoms. The summed E-state index contributed by atoms with van der Waals surface area (Å²) >= 11 is 0. The Morgan fingerprint density at radius 3 is 2.39 bits per heavy atom. The summed E-state index contributed by atoms with van der Waals surface area (Å²) in [5.41, 5.74) is -1.63. The number of methoxy groups -OCH3 is 1. The van der Waals surface area contributed by atoms with Crippen LogP contribution in [0.5, 0.6) is 17.2 Å². The van der Waals surface area contributed by atoms with E-state index in [1.165, 1.54) is 49.8 Å². The minimum atomic E-state index is -1.91. The predicted molar refractivity (Wildman–Crippen MR) is 137 cm³/mol. The van der Waals surface area contributed by atoms with E-state index in [9.17, 15) is 40.5 Å². The molecule has 14 heteroatoms. The van der Waals surface area contributed by atoms with Crippen molar-refractivity contribution >= 4 is 11.0 Å². The minimum Gasteiger partial charge on any atom is -0.507 e. The highest BCUT2D eigenvalue weighted by atomic mass is 16.7. The van der Waals surface area contributed by atoms with Gasteiger partial charge >= 0.3 is 0 Å². The van der Waals surface area contributed by atoms with Gasteiger partial charge in [-0.1, -0.05) is 12.1 Å². The van der Waals surface area contributed by atoms with Crippen molar-refractivity contribution in [2.45, 2.75) is 48.7 Å². The zero-order valence-corrected chi connectivity index (χ0v) is 21.7. The van der Waals surface area contributed by atoms with Gasteiger partial charge in [0, 0.05) is 12.1 Å². The van der Waals surface area contributed by atoms with Crippen LogP contribution in [0.2, 0.25) is 0 Å². The van der Waals surface area contributed by atoms with Crippen LogP contribution in [-0.2, 0) is 14.2 Å². The van der Waals surface area contributed by atoms with E-state index in [0.717, 1.165) is 0 Å². The summed E-state index contributed by atoms with van der Waals surface area (Å²) in [6.07, 6.45) is -9.27. The number of hydrogen-bond donors (Lipinski definition) is 7. The Labute approximate surface area is 232 Å². The number of benzene rings is 2. The van der Waals surface area contributed by atoms with Crippen LogP contribution in [0, 0.1) is 0 Å². The van der Waals surface area contributed by atoms with Gasteiger partial charge < -0.3 is 63.8 Å². The Hall–Kier alpha value is -3.31. The molecule has 0 radical (unpaired) electrons. The van der Waals surface area contributed by atoms with Crippen LogP contribution in [0.25, 0.3) is 22.1 Å². The third kappa shape index (κ3) is 5.49. The molecule has 3 heterocycles. The molecule has 2 aliphatic rings. The summed E-state index contributed by atoms with van der Waals surface area (Å²) in [7, 11) is 1.42. The third-order valence-corrected chi connectivity index (χ3v) is 7.16. The molecule has 8 atom stereocenters. The molecule has 2 aliphatic heterocycles. The standard InChI is InChI=1S/C27H30O14/c1-36-14-6-16(29)19-17(7-14)37-8-15(20(19)30)12-2-4-13(5-3-12)40-25-23(33)22(32)21(31)18(41-25)9-38-26-24(34)27(35,10-28)11-39-26/h2-8,18,21-26,28-29,31-35H,9-11H2,1H3/t18-,21-,22-,23+,24+,25+,26+,27-/m0/s1. The predicted octanol–water partition coefficient (Wildman–Crippen LogP) is -1.18. The topological polar surface area (TPSA) is 218 Å². The van der Waals surface area contributed by atoms with Gasteiger partial charge in [-0.25, -0.2) is 0 Å². The van der Waals surface area contributed by atoms with Crippen molar-refractivity contribution in [3.05, 3.63) is 52.9 Å². The van der Waals surface area contributed by atoms with Crippen LogP contribution in [0.1, 0.15) is 0 Å². The number of phenols is 1. The number of hydrogen-bond acceptors (Lipinski definition) is 14. The van der Waals surface area contributed by atoms with Crippen LogP contribution in [0.3, 0.4) is 0 Å². The fourth-order valence-electron chi connectivity index (χ4n) is 4.65. The molecule has 0 spiro atoms. The van der Waals surface area contributed by atoms with Gasteiger partial charge in [0.15, 0.2) is 6.29 Å². The van der Waals surface area contributed by atoms with Gasteiger partial charge in [-0.3, -0.25) is 4.79 Å². The fraction of sp³-hybridized carbons (Fsp3) is 0.444. The number of fused-ring (bicyclic) bond motifs is 1. The number of rotatable bonds is 8. The smallest absolute Gasteiger partial charge is 0.229 e. The second-order valence-electron chi connectivity index (χ2n) is 9.87. The van der Waals surface area contributed by atoms with Gasteiger partial charge in [0.25, 0.3) is 0 Å². The van der Waals surface area contributed by atoms with E-state index in [-0.39, 0.29) is 34.6 Å². The van der Waals surface area contributed by atoms with E-state index in [2.05, 4.69) is 0 Å². The SMILES string of the molecule is COc1cc(O)c2c(=O)c(-c3ccc(O[C@@H]4O[C@@H](CO[C@@H]5OC[C@@](O)(CO)[C@@H]5O)[C@H](O)[C@H](O)[C@H]4O)cc3)coc2c1. The molecule has 2 aromatic carbocycles. The lowest BCUT2D eigenvalue weighted by Crippen LogP contribution is -2.60. The largest absolute Gasteiger partial charge is 0.507 e. The van der Waals surface area contributed by atoms with Gasteiger partial charge in [-0.2, -0.15) is 0 Å². The highest BCUT2D eigenvalue weighted by Crippen LogP contribution is 2.32. The van der Waals surface area contributed by atoms with Crippen LogP contribution >= 0.6 is 0 Å². The fourth-order valence-corrected chi connectivity index (χ4v) is 4.65. The molecule has 3 aromatic rings. The monoisotopic (exact) mass is 578 g/mol. The molecule has 222 valence electrons. The maximum absolute atomic E-state index is 13.1. The zero-order chi connectivity index (χ0) is 29.5. The summed E-state index contributed by atoms with van der Waals surface area (Å²) in [4.78, 5) is 13.1. The summed E-state index contributed by atoms with van der Waals surface area (Å²) in [6, 6.07) is 8.81. The van der Waals surface area contributed by atoms with Crippen molar-refractivity contribution in [1.29, 1.82) is 0 Å². The van der Waals surface area contributed by atoms with E-state index < -0.39 is 67.3 Å². The van der Waals surface area contributed by atoms with Crippen molar-refractivity contribution in [2.75, 3.05) is 26.9 Å². The highest BCUT2D eigenvalue weighted by molar-refractivity contribution is 5.88. The van der Waals surface area contributed by atoms with E-state index >= 15 is 0 Å². The molecule has 1 aromatic heterocycles. The average molecular weight is 579 g/mol. The second-order valence-corrected chi connectivity index (χ2v) is 9.87. The van der Waals surface area contributed by atoms with Crippen molar-refractivity contribution < 1.29 is 63.8 Å². The summed E-state index contributed by atoms with van der Waals surface area (Å²) in [5, 5.41) is 70.9. The molecule has 41 heavy (non-hydrogen) atoms. The summed E-state index contributed by atoms with van der Waals surface area (Å²) in [5.74, 6) is 0.210. The van der Waals surface area contributed by atoms with Crippen LogP contribution in [-0.4, -0.2) is 111 Å². The van der Waals surface area contributed by atoms with E-state index in [1.54, 1.807) is 0 Å². The molecule has 2 saturated heterocycles. The van der Waals surface area contributed by atoms with E-state index in [1.807, 2.05) is 0 Å². The Balaban J connectivity index is 1.28. The molecule has 7 N–H and O–H groups in total. The second kappa shape index (κ2) is 11.5. The van der Waals surface area contributed by atoms with Gasteiger partial charge in [0.2, 0.25) is 11.7 Å². The first-order valence-corrected chi connectivity index (χ1v) is 12.6.